The molecule has 1 saturated heterocycles. The summed E-state index contributed by atoms with van der Waals surface area (Å²) in [5.41, 5.74) is 3.62. The molecule has 3 aromatic heterocycles. The molecule has 1 aromatic carbocycles. The van der Waals surface area contributed by atoms with E-state index in [9.17, 15) is 4.79 Å². The van der Waals surface area contributed by atoms with E-state index < -0.39 is 0 Å². The van der Waals surface area contributed by atoms with Crippen LogP contribution in [0.25, 0.3) is 16.2 Å². The standard InChI is InChI=1S/C22H21N5OS/c28-22(19-16-29-21(24-19)17-6-2-1-3-7-17)26-12-10-25(11-13-26)14-18-15-27-9-5-4-8-20(27)23-18/h1-9,15-16H,10-14H2. The maximum atomic E-state index is 12.9. The molecule has 4 heterocycles. The van der Waals surface area contributed by atoms with Gasteiger partial charge in [-0.2, -0.15) is 0 Å². The lowest BCUT2D eigenvalue weighted by molar-refractivity contribution is 0.0622. The molecule has 0 spiro atoms. The lowest BCUT2D eigenvalue weighted by Crippen LogP contribution is -2.48. The van der Waals surface area contributed by atoms with Crippen LogP contribution in [0.15, 0.2) is 66.3 Å². The van der Waals surface area contributed by atoms with Gasteiger partial charge in [-0.05, 0) is 12.1 Å². The number of thiazole rings is 1. The van der Waals surface area contributed by atoms with E-state index in [2.05, 4.69) is 21.1 Å². The van der Waals surface area contributed by atoms with Crippen molar-refractivity contribution in [2.24, 2.45) is 0 Å². The van der Waals surface area contributed by atoms with E-state index in [4.69, 9.17) is 0 Å². The molecule has 1 aliphatic heterocycles. The fourth-order valence-electron chi connectivity index (χ4n) is 3.65. The van der Waals surface area contributed by atoms with Gasteiger partial charge in [-0.1, -0.05) is 36.4 Å². The summed E-state index contributed by atoms with van der Waals surface area (Å²) in [4.78, 5) is 26.4. The van der Waals surface area contributed by atoms with Gasteiger partial charge in [0, 0.05) is 56.1 Å². The molecule has 7 heteroatoms. The number of nitrogens with zero attached hydrogens (tertiary/aromatic N) is 5. The quantitative estimate of drug-likeness (QED) is 0.524. The molecule has 0 saturated carbocycles. The minimum Gasteiger partial charge on any atom is -0.335 e. The fourth-order valence-corrected chi connectivity index (χ4v) is 4.45. The van der Waals surface area contributed by atoms with Crippen LogP contribution in [0.1, 0.15) is 16.2 Å². The molecule has 5 rings (SSSR count). The van der Waals surface area contributed by atoms with Crippen LogP contribution in [0.5, 0.6) is 0 Å². The summed E-state index contributed by atoms with van der Waals surface area (Å²) in [5, 5.41) is 2.76. The van der Waals surface area contributed by atoms with E-state index in [0.29, 0.717) is 18.8 Å². The number of hydrogen-bond acceptors (Lipinski definition) is 5. The van der Waals surface area contributed by atoms with Gasteiger partial charge in [-0.25, -0.2) is 9.97 Å². The average molecular weight is 404 g/mol. The molecule has 0 bridgehead atoms. The second kappa shape index (κ2) is 7.77. The van der Waals surface area contributed by atoms with Crippen LogP contribution in [0.2, 0.25) is 0 Å². The molecular formula is C22H21N5OS. The Bertz CT molecular complexity index is 1100. The first-order valence-electron chi connectivity index (χ1n) is 9.71. The van der Waals surface area contributed by atoms with Crippen molar-refractivity contribution in [3.63, 3.8) is 0 Å². The number of benzene rings is 1. The summed E-state index contributed by atoms with van der Waals surface area (Å²) >= 11 is 1.52. The average Bonchev–Trinajstić information content (AvgIpc) is 3.41. The van der Waals surface area contributed by atoms with Crippen LogP contribution in [0.3, 0.4) is 0 Å². The monoisotopic (exact) mass is 403 g/mol. The van der Waals surface area contributed by atoms with Crippen molar-refractivity contribution in [2.45, 2.75) is 6.54 Å². The van der Waals surface area contributed by atoms with Crippen molar-refractivity contribution in [3.05, 3.63) is 77.7 Å². The Morgan fingerprint density at radius 1 is 0.966 bits per heavy atom. The Labute approximate surface area is 173 Å². The van der Waals surface area contributed by atoms with Crippen molar-refractivity contribution in [1.29, 1.82) is 0 Å². The summed E-state index contributed by atoms with van der Waals surface area (Å²) in [6, 6.07) is 16.0. The molecule has 0 unspecified atom stereocenters. The number of carbonyl (C=O) groups excluding carboxylic acids is 1. The highest BCUT2D eigenvalue weighted by Gasteiger charge is 2.24. The van der Waals surface area contributed by atoms with Crippen LogP contribution in [-0.4, -0.2) is 56.3 Å². The maximum absolute atomic E-state index is 12.9. The lowest BCUT2D eigenvalue weighted by atomic mass is 10.2. The molecule has 1 aliphatic rings. The topological polar surface area (TPSA) is 53.7 Å². The van der Waals surface area contributed by atoms with E-state index in [1.807, 2.05) is 69.4 Å². The Hall–Kier alpha value is -3.03. The predicted octanol–water partition coefficient (Wildman–Crippen LogP) is 3.42. The molecule has 0 N–H and O–H groups in total. The van der Waals surface area contributed by atoms with Crippen molar-refractivity contribution in [3.8, 4) is 10.6 Å². The van der Waals surface area contributed by atoms with Crippen molar-refractivity contribution in [2.75, 3.05) is 26.2 Å². The molecule has 6 nitrogen and oxygen atoms in total. The number of rotatable bonds is 4. The highest BCUT2D eigenvalue weighted by molar-refractivity contribution is 7.13. The molecule has 29 heavy (non-hydrogen) atoms. The number of piperazine rings is 1. The van der Waals surface area contributed by atoms with E-state index in [0.717, 1.165) is 41.5 Å². The van der Waals surface area contributed by atoms with Gasteiger partial charge in [0.15, 0.2) is 0 Å². The molecule has 146 valence electrons. The van der Waals surface area contributed by atoms with Crippen molar-refractivity contribution < 1.29 is 4.79 Å². The number of fused-ring (bicyclic) bond motifs is 1. The van der Waals surface area contributed by atoms with Gasteiger partial charge < -0.3 is 9.30 Å². The van der Waals surface area contributed by atoms with E-state index in [-0.39, 0.29) is 5.91 Å². The Morgan fingerprint density at radius 2 is 1.76 bits per heavy atom. The first-order chi connectivity index (χ1) is 14.3. The Kier molecular flexibility index (Phi) is 4.83. The van der Waals surface area contributed by atoms with Crippen LogP contribution in [-0.2, 0) is 6.54 Å². The van der Waals surface area contributed by atoms with Crippen LogP contribution in [0, 0.1) is 0 Å². The van der Waals surface area contributed by atoms with Gasteiger partial charge in [0.05, 0.1) is 5.69 Å². The van der Waals surface area contributed by atoms with E-state index >= 15 is 0 Å². The van der Waals surface area contributed by atoms with Crippen molar-refractivity contribution >= 4 is 22.9 Å². The molecule has 4 aromatic rings. The number of carbonyl (C=O) groups is 1. The van der Waals surface area contributed by atoms with E-state index in [1.54, 1.807) is 0 Å². The van der Waals surface area contributed by atoms with Crippen molar-refractivity contribution in [1.82, 2.24) is 24.2 Å². The number of pyridine rings is 1. The maximum Gasteiger partial charge on any atom is 0.273 e. The first kappa shape index (κ1) is 18.0. The van der Waals surface area contributed by atoms with Crippen LogP contribution < -0.4 is 0 Å². The fraction of sp³-hybridized carbons (Fsp3) is 0.227. The smallest absolute Gasteiger partial charge is 0.273 e. The largest absolute Gasteiger partial charge is 0.335 e. The minimum absolute atomic E-state index is 0.0239. The summed E-state index contributed by atoms with van der Waals surface area (Å²) in [7, 11) is 0. The second-order valence-corrected chi connectivity index (χ2v) is 8.03. The summed E-state index contributed by atoms with van der Waals surface area (Å²) in [6.45, 7) is 3.91. The van der Waals surface area contributed by atoms with Gasteiger partial charge in [0.25, 0.3) is 5.91 Å². The molecule has 0 aliphatic carbocycles. The van der Waals surface area contributed by atoms with Gasteiger partial charge in [0.1, 0.15) is 16.3 Å². The Balaban J connectivity index is 1.20. The highest BCUT2D eigenvalue weighted by Crippen LogP contribution is 2.24. The second-order valence-electron chi connectivity index (χ2n) is 7.17. The normalized spacial score (nSPS) is 15.1. The number of amides is 1. The zero-order chi connectivity index (χ0) is 19.6. The Morgan fingerprint density at radius 3 is 2.55 bits per heavy atom. The highest BCUT2D eigenvalue weighted by atomic mass is 32.1. The molecule has 1 fully saturated rings. The number of hydrogen-bond donors (Lipinski definition) is 0. The minimum atomic E-state index is 0.0239. The summed E-state index contributed by atoms with van der Waals surface area (Å²) in [5.74, 6) is 0.0239. The van der Waals surface area contributed by atoms with Crippen LogP contribution >= 0.6 is 11.3 Å². The molecular weight excluding hydrogens is 382 g/mol. The zero-order valence-corrected chi connectivity index (χ0v) is 16.8. The third kappa shape index (κ3) is 3.79. The third-order valence-electron chi connectivity index (χ3n) is 5.20. The van der Waals surface area contributed by atoms with Gasteiger partial charge in [-0.3, -0.25) is 9.69 Å². The van der Waals surface area contributed by atoms with Gasteiger partial charge >= 0.3 is 0 Å². The molecule has 0 radical (unpaired) electrons. The number of imidazole rings is 1. The van der Waals surface area contributed by atoms with Gasteiger partial charge in [0.2, 0.25) is 0 Å². The SMILES string of the molecule is O=C(c1csc(-c2ccccc2)n1)N1CCN(Cc2cn3ccccc3n2)CC1. The van der Waals surface area contributed by atoms with Gasteiger partial charge in [-0.15, -0.1) is 11.3 Å². The first-order valence-corrected chi connectivity index (χ1v) is 10.6. The molecule has 0 atom stereocenters. The van der Waals surface area contributed by atoms with E-state index in [1.165, 1.54) is 11.3 Å². The molecule has 1 amide bonds. The zero-order valence-electron chi connectivity index (χ0n) is 15.9. The lowest BCUT2D eigenvalue weighted by Gasteiger charge is -2.34. The van der Waals surface area contributed by atoms with Crippen LogP contribution in [0.4, 0.5) is 0 Å². The predicted molar refractivity (Wildman–Crippen MR) is 114 cm³/mol. The third-order valence-corrected chi connectivity index (χ3v) is 6.09. The summed E-state index contributed by atoms with van der Waals surface area (Å²) < 4.78 is 2.04. The number of aromatic nitrogens is 3. The summed E-state index contributed by atoms with van der Waals surface area (Å²) in [6.07, 6.45) is 4.09.